The number of nitrogens with one attached hydrogen (secondary N) is 2. The van der Waals surface area contributed by atoms with Crippen LogP contribution in [0.3, 0.4) is 0 Å². The highest BCUT2D eigenvalue weighted by Crippen LogP contribution is 2.36. The first-order valence-electron chi connectivity index (χ1n) is 12.4. The molecule has 10 nitrogen and oxygen atoms in total. The Hall–Kier alpha value is -4.18. The number of rotatable bonds is 5. The van der Waals surface area contributed by atoms with Gasteiger partial charge in [-0.25, -0.2) is 9.78 Å². The van der Waals surface area contributed by atoms with Crippen LogP contribution in [0.5, 0.6) is 0 Å². The Morgan fingerprint density at radius 1 is 1.23 bits per heavy atom. The number of nitriles is 1. The molecule has 0 spiro atoms. The summed E-state index contributed by atoms with van der Waals surface area (Å²) in [4.78, 5) is 42.1. The second kappa shape index (κ2) is 13.1. The number of hydrogen-bond acceptors (Lipinski definition) is 6. The van der Waals surface area contributed by atoms with E-state index in [0.29, 0.717) is 5.92 Å². The molecular weight excluding hydrogens is 517 g/mol. The summed E-state index contributed by atoms with van der Waals surface area (Å²) in [5.74, 6) is -2.64. The largest absolute Gasteiger partial charge is 0.490 e. The predicted molar refractivity (Wildman–Crippen MR) is 135 cm³/mol. The maximum atomic E-state index is 12.7. The lowest BCUT2D eigenvalue weighted by Gasteiger charge is -2.32. The zero-order valence-corrected chi connectivity index (χ0v) is 21.1. The van der Waals surface area contributed by atoms with Gasteiger partial charge in [-0.1, -0.05) is 12.1 Å². The van der Waals surface area contributed by atoms with E-state index >= 15 is 0 Å². The van der Waals surface area contributed by atoms with Crippen molar-refractivity contribution in [2.45, 2.75) is 50.6 Å². The lowest BCUT2D eigenvalue weighted by Crippen LogP contribution is -2.41. The standard InChI is InChI=1S/C24H28N6O2.C2HF3O2/c25-13-19-15-27-23(28-19)24(32)29-21-7-6-18(12-20(21)17-4-2-1-3-5-17)16-8-10-30(11-9-16)22(31)14-26;3-2(4,5)1(6)7/h4,6-7,12,15-16H,1-3,5,8-11,14,26H2,(H,27,28)(H,29,32);(H,6,7). The number of halogens is 3. The molecule has 1 aromatic carbocycles. The van der Waals surface area contributed by atoms with Crippen molar-refractivity contribution < 1.29 is 32.7 Å². The summed E-state index contributed by atoms with van der Waals surface area (Å²) in [5.41, 5.74) is 10.0. The Labute approximate surface area is 222 Å². The predicted octanol–water partition coefficient (Wildman–Crippen LogP) is 3.79. The topological polar surface area (TPSA) is 165 Å². The van der Waals surface area contributed by atoms with Crippen LogP contribution in [-0.4, -0.2) is 63.6 Å². The minimum absolute atomic E-state index is 0.00652. The van der Waals surface area contributed by atoms with E-state index in [9.17, 15) is 22.8 Å². The van der Waals surface area contributed by atoms with Crippen molar-refractivity contribution in [3.8, 4) is 6.07 Å². The third kappa shape index (κ3) is 7.90. The Morgan fingerprint density at radius 2 is 1.92 bits per heavy atom. The van der Waals surface area contributed by atoms with E-state index in [1.165, 1.54) is 23.8 Å². The molecule has 2 aliphatic rings. The quantitative estimate of drug-likeness (QED) is 0.443. The molecule has 1 saturated heterocycles. The molecular formula is C26H29F3N6O4. The zero-order valence-electron chi connectivity index (χ0n) is 21.1. The van der Waals surface area contributed by atoms with Crippen LogP contribution in [-0.2, 0) is 9.59 Å². The summed E-state index contributed by atoms with van der Waals surface area (Å²) in [6.45, 7) is 1.50. The molecule has 1 aliphatic carbocycles. The van der Waals surface area contributed by atoms with Crippen LogP contribution in [0.15, 0.2) is 30.5 Å². The molecule has 2 heterocycles. The van der Waals surface area contributed by atoms with Gasteiger partial charge in [0.05, 0.1) is 12.7 Å². The van der Waals surface area contributed by atoms with Gasteiger partial charge in [-0.2, -0.15) is 18.4 Å². The molecule has 0 bridgehead atoms. The van der Waals surface area contributed by atoms with Gasteiger partial charge >= 0.3 is 12.1 Å². The second-order valence-electron chi connectivity index (χ2n) is 9.15. The highest BCUT2D eigenvalue weighted by Gasteiger charge is 2.38. The number of aromatic amines is 1. The number of aromatic nitrogens is 2. The summed E-state index contributed by atoms with van der Waals surface area (Å²) in [6.07, 6.45) is 4.67. The number of H-pyrrole nitrogens is 1. The fourth-order valence-corrected chi connectivity index (χ4v) is 4.54. The van der Waals surface area contributed by atoms with E-state index in [2.05, 4.69) is 33.5 Å². The number of piperidine rings is 1. The van der Waals surface area contributed by atoms with Crippen LogP contribution in [0, 0.1) is 11.3 Å². The van der Waals surface area contributed by atoms with E-state index in [0.717, 1.165) is 56.4 Å². The smallest absolute Gasteiger partial charge is 0.475 e. The number of nitrogens with zero attached hydrogens (tertiary/aromatic N) is 3. The average molecular weight is 547 g/mol. The monoisotopic (exact) mass is 546 g/mol. The van der Waals surface area contributed by atoms with Crippen molar-refractivity contribution in [1.82, 2.24) is 14.9 Å². The molecule has 208 valence electrons. The molecule has 2 aromatic rings. The van der Waals surface area contributed by atoms with Crippen LogP contribution in [0.1, 0.15) is 71.9 Å². The van der Waals surface area contributed by atoms with Gasteiger partial charge in [-0.3, -0.25) is 9.59 Å². The van der Waals surface area contributed by atoms with Crippen LogP contribution in [0.25, 0.3) is 5.57 Å². The molecule has 1 fully saturated rings. The van der Waals surface area contributed by atoms with Gasteiger partial charge in [-0.05, 0) is 67.7 Å². The van der Waals surface area contributed by atoms with E-state index in [1.54, 1.807) is 0 Å². The van der Waals surface area contributed by atoms with E-state index in [4.69, 9.17) is 20.9 Å². The average Bonchev–Trinajstić information content (AvgIpc) is 3.43. The first-order valence-corrected chi connectivity index (χ1v) is 12.4. The number of likely N-dealkylation sites (tertiary alicyclic amines) is 1. The van der Waals surface area contributed by atoms with Crippen molar-refractivity contribution >= 4 is 29.0 Å². The normalized spacial score (nSPS) is 15.9. The number of anilines is 1. The van der Waals surface area contributed by atoms with E-state index in [-0.39, 0.29) is 29.9 Å². The summed E-state index contributed by atoms with van der Waals surface area (Å²) in [7, 11) is 0. The van der Waals surface area contributed by atoms with Gasteiger partial charge in [0.1, 0.15) is 11.8 Å². The number of carbonyl (C=O) groups excluding carboxylic acids is 2. The molecule has 0 saturated carbocycles. The Morgan fingerprint density at radius 3 is 2.46 bits per heavy atom. The molecule has 1 aromatic heterocycles. The van der Waals surface area contributed by atoms with E-state index < -0.39 is 12.1 Å². The fraction of sp³-hybridized carbons (Fsp3) is 0.423. The minimum Gasteiger partial charge on any atom is -0.475 e. The van der Waals surface area contributed by atoms with Crippen molar-refractivity contribution in [3.63, 3.8) is 0 Å². The number of imidazole rings is 1. The number of aliphatic carboxylic acids is 1. The van der Waals surface area contributed by atoms with Crippen molar-refractivity contribution in [2.24, 2.45) is 5.73 Å². The number of carboxylic acid groups (broad SMARTS) is 1. The van der Waals surface area contributed by atoms with Crippen LogP contribution < -0.4 is 11.1 Å². The Balaban J connectivity index is 0.000000532. The zero-order chi connectivity index (χ0) is 28.6. The first-order chi connectivity index (χ1) is 18.5. The number of allylic oxidation sites excluding steroid dienone is 2. The SMILES string of the molecule is N#Cc1cnc(C(=O)Nc2ccc(C3CCN(C(=O)CN)CC3)cc2C2=CCCCC2)[nH]1.O=C(O)C(F)(F)F. The third-order valence-corrected chi connectivity index (χ3v) is 6.58. The summed E-state index contributed by atoms with van der Waals surface area (Å²) < 4.78 is 31.7. The molecule has 0 radical (unpaired) electrons. The maximum Gasteiger partial charge on any atom is 0.490 e. The Bertz CT molecular complexity index is 1270. The number of benzene rings is 1. The van der Waals surface area contributed by atoms with Crippen LogP contribution in [0.4, 0.5) is 18.9 Å². The lowest BCUT2D eigenvalue weighted by atomic mass is 9.85. The van der Waals surface area contributed by atoms with Gasteiger partial charge in [0.2, 0.25) is 5.91 Å². The maximum absolute atomic E-state index is 12.7. The third-order valence-electron chi connectivity index (χ3n) is 6.58. The molecule has 39 heavy (non-hydrogen) atoms. The molecule has 2 amide bonds. The van der Waals surface area contributed by atoms with Gasteiger partial charge in [0, 0.05) is 24.3 Å². The van der Waals surface area contributed by atoms with E-state index in [1.807, 2.05) is 17.0 Å². The number of hydrogen-bond donors (Lipinski definition) is 4. The lowest BCUT2D eigenvalue weighted by molar-refractivity contribution is -0.192. The van der Waals surface area contributed by atoms with Gasteiger partial charge in [0.15, 0.2) is 5.82 Å². The van der Waals surface area contributed by atoms with Crippen molar-refractivity contribution in [3.05, 3.63) is 53.1 Å². The summed E-state index contributed by atoms with van der Waals surface area (Å²) >= 11 is 0. The van der Waals surface area contributed by atoms with Crippen molar-refractivity contribution in [2.75, 3.05) is 25.0 Å². The molecule has 1 aliphatic heterocycles. The molecule has 5 N–H and O–H groups in total. The highest BCUT2D eigenvalue weighted by atomic mass is 19.4. The fourth-order valence-electron chi connectivity index (χ4n) is 4.54. The van der Waals surface area contributed by atoms with Crippen molar-refractivity contribution in [1.29, 1.82) is 5.26 Å². The molecule has 4 rings (SSSR count). The number of amides is 2. The second-order valence-corrected chi connectivity index (χ2v) is 9.15. The minimum atomic E-state index is -5.08. The highest BCUT2D eigenvalue weighted by molar-refractivity contribution is 6.03. The first kappa shape index (κ1) is 29.4. The van der Waals surface area contributed by atoms with Crippen LogP contribution >= 0.6 is 0 Å². The van der Waals surface area contributed by atoms with Crippen LogP contribution in [0.2, 0.25) is 0 Å². The molecule has 0 atom stereocenters. The molecule has 0 unspecified atom stereocenters. The Kier molecular flexibility index (Phi) is 9.84. The number of nitrogens with two attached hydrogens (primary N) is 1. The van der Waals surface area contributed by atoms with Gasteiger partial charge in [0.25, 0.3) is 5.91 Å². The number of carboxylic acids is 1. The number of alkyl halides is 3. The summed E-state index contributed by atoms with van der Waals surface area (Å²) in [6, 6.07) is 8.17. The van der Waals surface area contributed by atoms with Gasteiger partial charge < -0.3 is 26.0 Å². The summed E-state index contributed by atoms with van der Waals surface area (Å²) in [5, 5.41) is 19.1. The molecule has 13 heteroatoms. The van der Waals surface area contributed by atoms with Gasteiger partial charge in [-0.15, -0.1) is 0 Å². The number of carbonyl (C=O) groups is 3.